The van der Waals surface area contributed by atoms with Gasteiger partial charge in [-0.3, -0.25) is 0 Å². The van der Waals surface area contributed by atoms with Gasteiger partial charge in [0.15, 0.2) is 5.75 Å². The average Bonchev–Trinajstić information content (AvgIpc) is 2.11. The molecule has 15 heavy (non-hydrogen) atoms. The zero-order valence-electron chi connectivity index (χ0n) is 8.23. The van der Waals surface area contributed by atoms with Crippen LogP contribution in [0.5, 0.6) is 5.75 Å². The lowest BCUT2D eigenvalue weighted by Gasteiger charge is -2.14. The Hall–Kier alpha value is -0.790. The molecule has 1 aromatic carbocycles. The number of nitrogen functional groups attached to an aromatic ring is 1. The number of sulfonamides is 1. The molecule has 3 N–H and O–H groups in total. The van der Waals surface area contributed by atoms with Crippen LogP contribution in [0.3, 0.4) is 0 Å². The third-order valence-corrected chi connectivity index (χ3v) is 4.67. The summed E-state index contributed by atoms with van der Waals surface area (Å²) in [6, 6.07) is 2.90. The molecule has 0 heterocycles. The topological polar surface area (TPSA) is 83.6 Å². The first-order valence-electron chi connectivity index (χ1n) is 3.98. The Morgan fingerprint density at radius 1 is 1.40 bits per heavy atom. The van der Waals surface area contributed by atoms with E-state index in [0.717, 1.165) is 4.31 Å². The average molecular weight is 295 g/mol. The van der Waals surface area contributed by atoms with E-state index in [4.69, 9.17) is 5.73 Å². The summed E-state index contributed by atoms with van der Waals surface area (Å²) < 4.78 is 24.9. The van der Waals surface area contributed by atoms with Gasteiger partial charge >= 0.3 is 0 Å². The van der Waals surface area contributed by atoms with E-state index in [1.807, 2.05) is 0 Å². The summed E-state index contributed by atoms with van der Waals surface area (Å²) in [6.07, 6.45) is 0. The van der Waals surface area contributed by atoms with Crippen LogP contribution < -0.4 is 5.73 Å². The summed E-state index contributed by atoms with van der Waals surface area (Å²) >= 11 is 3.06. The van der Waals surface area contributed by atoms with Crippen molar-refractivity contribution in [1.82, 2.24) is 4.31 Å². The normalized spacial score (nSPS) is 12.0. The van der Waals surface area contributed by atoms with Crippen molar-refractivity contribution in [1.29, 1.82) is 0 Å². The molecule has 0 aliphatic heterocycles. The molecule has 7 heteroatoms. The number of halogens is 1. The smallest absolute Gasteiger partial charge is 0.247 e. The minimum Gasteiger partial charge on any atom is -0.504 e. The van der Waals surface area contributed by atoms with Gasteiger partial charge in [-0.05, 0) is 28.1 Å². The van der Waals surface area contributed by atoms with Crippen LogP contribution in [0.1, 0.15) is 0 Å². The van der Waals surface area contributed by atoms with E-state index in [1.54, 1.807) is 0 Å². The van der Waals surface area contributed by atoms with Crippen LogP contribution in [-0.2, 0) is 10.0 Å². The van der Waals surface area contributed by atoms with Gasteiger partial charge in [0.25, 0.3) is 0 Å². The summed E-state index contributed by atoms with van der Waals surface area (Å²) in [5.41, 5.74) is 5.46. The second-order valence-corrected chi connectivity index (χ2v) is 6.04. The van der Waals surface area contributed by atoms with Crippen LogP contribution >= 0.6 is 15.9 Å². The maximum atomic E-state index is 11.8. The highest BCUT2D eigenvalue weighted by atomic mass is 79.9. The molecular weight excluding hydrogens is 284 g/mol. The van der Waals surface area contributed by atoms with Crippen LogP contribution in [0.15, 0.2) is 21.5 Å². The number of benzene rings is 1. The van der Waals surface area contributed by atoms with Crippen LogP contribution in [0.4, 0.5) is 5.69 Å². The van der Waals surface area contributed by atoms with Gasteiger partial charge in [0.05, 0.1) is 5.69 Å². The number of aromatic hydroxyl groups is 1. The van der Waals surface area contributed by atoms with E-state index >= 15 is 0 Å². The number of hydrogen-bond acceptors (Lipinski definition) is 4. The highest BCUT2D eigenvalue weighted by molar-refractivity contribution is 9.10. The Morgan fingerprint density at radius 2 is 1.93 bits per heavy atom. The zero-order chi connectivity index (χ0) is 11.8. The first kappa shape index (κ1) is 12.3. The first-order valence-corrected chi connectivity index (χ1v) is 6.21. The molecule has 1 aromatic rings. The lowest BCUT2D eigenvalue weighted by atomic mass is 10.3. The Bertz CT molecular complexity index is 485. The van der Waals surface area contributed by atoms with Gasteiger partial charge in [0, 0.05) is 18.6 Å². The standard InChI is InChI=1S/C8H11BrN2O3S/c1-11(2)15(13,14)8-5(9)3-4-6(10)7(8)12/h3-4,12H,10H2,1-2H3. The van der Waals surface area contributed by atoms with Crippen molar-refractivity contribution in [3.05, 3.63) is 16.6 Å². The maximum absolute atomic E-state index is 11.8. The SMILES string of the molecule is CN(C)S(=O)(=O)c1c(Br)ccc(N)c1O. The maximum Gasteiger partial charge on any atom is 0.247 e. The van der Waals surface area contributed by atoms with Gasteiger partial charge in [0.2, 0.25) is 10.0 Å². The van der Waals surface area contributed by atoms with Crippen molar-refractivity contribution in [2.24, 2.45) is 0 Å². The molecule has 0 fully saturated rings. The van der Waals surface area contributed by atoms with Crippen molar-refractivity contribution in [2.75, 3.05) is 19.8 Å². The van der Waals surface area contributed by atoms with Gasteiger partial charge in [-0.1, -0.05) is 0 Å². The summed E-state index contributed by atoms with van der Waals surface area (Å²) in [6.45, 7) is 0. The highest BCUT2D eigenvalue weighted by Crippen LogP contribution is 2.36. The largest absolute Gasteiger partial charge is 0.504 e. The second-order valence-electron chi connectivity index (χ2n) is 3.10. The summed E-state index contributed by atoms with van der Waals surface area (Å²) in [5, 5.41) is 9.60. The molecule has 0 spiro atoms. The molecule has 0 aliphatic rings. The van der Waals surface area contributed by atoms with E-state index < -0.39 is 15.8 Å². The second kappa shape index (κ2) is 3.99. The van der Waals surface area contributed by atoms with E-state index in [1.165, 1.54) is 26.2 Å². The number of rotatable bonds is 2. The minimum atomic E-state index is -3.70. The monoisotopic (exact) mass is 294 g/mol. The zero-order valence-corrected chi connectivity index (χ0v) is 10.6. The van der Waals surface area contributed by atoms with Crippen molar-refractivity contribution >= 4 is 31.6 Å². The van der Waals surface area contributed by atoms with Crippen LogP contribution in [-0.4, -0.2) is 31.9 Å². The molecule has 5 nitrogen and oxygen atoms in total. The van der Waals surface area contributed by atoms with Gasteiger partial charge < -0.3 is 10.8 Å². The molecule has 1 rings (SSSR count). The van der Waals surface area contributed by atoms with E-state index in [-0.39, 0.29) is 15.1 Å². The van der Waals surface area contributed by atoms with Crippen LogP contribution in [0, 0.1) is 0 Å². The Balaban J connectivity index is 3.58. The lowest BCUT2D eigenvalue weighted by molar-refractivity contribution is 0.454. The minimum absolute atomic E-state index is 0.0265. The fraction of sp³-hybridized carbons (Fsp3) is 0.250. The Labute approximate surface area is 96.7 Å². The number of nitrogens with two attached hydrogens (primary N) is 1. The number of anilines is 1. The number of nitrogens with zero attached hydrogens (tertiary/aromatic N) is 1. The third kappa shape index (κ3) is 2.09. The van der Waals surface area contributed by atoms with Gasteiger partial charge in [-0.15, -0.1) is 0 Å². The number of phenols is 1. The predicted molar refractivity (Wildman–Crippen MR) is 61.1 cm³/mol. The number of phenolic OH excluding ortho intramolecular Hbond substituents is 1. The Morgan fingerprint density at radius 3 is 2.40 bits per heavy atom. The summed E-state index contributed by atoms with van der Waals surface area (Å²) in [5.74, 6) is -0.432. The molecule has 0 aromatic heterocycles. The molecule has 0 saturated carbocycles. The van der Waals surface area contributed by atoms with E-state index in [0.29, 0.717) is 0 Å². The lowest BCUT2D eigenvalue weighted by Crippen LogP contribution is -2.22. The van der Waals surface area contributed by atoms with Crippen molar-refractivity contribution < 1.29 is 13.5 Å². The predicted octanol–water partition coefficient (Wildman–Crippen LogP) is 0.987. The molecule has 0 bridgehead atoms. The molecule has 0 saturated heterocycles. The Kier molecular flexibility index (Phi) is 3.27. The van der Waals surface area contributed by atoms with Gasteiger partial charge in [-0.2, -0.15) is 0 Å². The van der Waals surface area contributed by atoms with Crippen LogP contribution in [0.2, 0.25) is 0 Å². The molecule has 0 atom stereocenters. The summed E-state index contributed by atoms with van der Waals surface area (Å²) in [7, 11) is -0.946. The first-order chi connectivity index (χ1) is 6.78. The summed E-state index contributed by atoms with van der Waals surface area (Å²) in [4.78, 5) is -0.215. The van der Waals surface area contributed by atoms with E-state index in [2.05, 4.69) is 15.9 Å². The van der Waals surface area contributed by atoms with Crippen molar-refractivity contribution in [2.45, 2.75) is 4.90 Å². The molecule has 0 aliphatic carbocycles. The highest BCUT2D eigenvalue weighted by Gasteiger charge is 2.25. The van der Waals surface area contributed by atoms with Crippen molar-refractivity contribution in [3.63, 3.8) is 0 Å². The molecule has 0 radical (unpaired) electrons. The van der Waals surface area contributed by atoms with E-state index in [9.17, 15) is 13.5 Å². The van der Waals surface area contributed by atoms with Gasteiger partial charge in [0.1, 0.15) is 4.90 Å². The van der Waals surface area contributed by atoms with Crippen molar-refractivity contribution in [3.8, 4) is 5.75 Å². The molecule has 84 valence electrons. The fourth-order valence-electron chi connectivity index (χ4n) is 0.990. The fourth-order valence-corrected chi connectivity index (χ4v) is 2.97. The molecule has 0 unspecified atom stereocenters. The quantitative estimate of drug-likeness (QED) is 0.629. The van der Waals surface area contributed by atoms with Crippen LogP contribution in [0.25, 0.3) is 0 Å². The number of hydrogen-bond donors (Lipinski definition) is 2. The molecular formula is C8H11BrN2O3S. The molecule has 0 amide bonds. The van der Waals surface area contributed by atoms with Gasteiger partial charge in [-0.25, -0.2) is 12.7 Å². The third-order valence-electron chi connectivity index (χ3n) is 1.85.